The normalized spacial score (nSPS) is 18.8. The summed E-state index contributed by atoms with van der Waals surface area (Å²) in [6.07, 6.45) is 5.76. The topological polar surface area (TPSA) is 113 Å². The molecule has 1 fully saturated rings. The molecule has 1 heterocycles. The van der Waals surface area contributed by atoms with Gasteiger partial charge in [0.25, 0.3) is 10.2 Å². The van der Waals surface area contributed by atoms with Crippen LogP contribution in [0.15, 0.2) is 79.1 Å². The number of hydrogen-bond acceptors (Lipinski definition) is 6. The minimum absolute atomic E-state index is 0.152. The molecular weight excluding hydrogens is 500 g/mol. The highest BCUT2D eigenvalue weighted by atomic mass is 32.2. The second-order valence-corrected chi connectivity index (χ2v) is 12.0. The van der Waals surface area contributed by atoms with E-state index < -0.39 is 16.3 Å². The van der Waals surface area contributed by atoms with Crippen molar-refractivity contribution in [1.29, 1.82) is 0 Å². The third-order valence-electron chi connectivity index (χ3n) is 6.76. The summed E-state index contributed by atoms with van der Waals surface area (Å²) in [6, 6.07) is 20.7. The van der Waals surface area contributed by atoms with Crippen molar-refractivity contribution in [2.24, 2.45) is 0 Å². The molecule has 1 aliphatic carbocycles. The van der Waals surface area contributed by atoms with Crippen molar-refractivity contribution in [2.45, 2.75) is 69.9 Å². The van der Waals surface area contributed by atoms with Crippen molar-refractivity contribution in [1.82, 2.24) is 15.0 Å². The van der Waals surface area contributed by atoms with Crippen LogP contribution in [0.1, 0.15) is 55.9 Å². The second kappa shape index (κ2) is 12.8. The fourth-order valence-corrected chi connectivity index (χ4v) is 5.92. The maximum atomic E-state index is 12.8. The summed E-state index contributed by atoms with van der Waals surface area (Å²) in [5, 5.41) is 13.8. The number of hydrogen-bond donors (Lipinski definition) is 4. The zero-order valence-corrected chi connectivity index (χ0v) is 22.8. The van der Waals surface area contributed by atoms with Crippen molar-refractivity contribution in [3.63, 3.8) is 0 Å². The van der Waals surface area contributed by atoms with Gasteiger partial charge in [-0.3, -0.25) is 9.71 Å². The van der Waals surface area contributed by atoms with Gasteiger partial charge in [0, 0.05) is 41.8 Å². The van der Waals surface area contributed by atoms with E-state index in [9.17, 15) is 13.5 Å². The Hall–Kier alpha value is -2.82. The van der Waals surface area contributed by atoms with E-state index in [1.54, 1.807) is 30.6 Å². The molecule has 1 saturated carbocycles. The number of nitrogens with one attached hydrogen (secondary N) is 3. The predicted molar refractivity (Wildman–Crippen MR) is 150 cm³/mol. The van der Waals surface area contributed by atoms with Crippen molar-refractivity contribution in [3.8, 4) is 0 Å². The Morgan fingerprint density at radius 3 is 2.50 bits per heavy atom. The van der Waals surface area contributed by atoms with E-state index in [1.165, 1.54) is 0 Å². The van der Waals surface area contributed by atoms with Crippen LogP contribution >= 0.6 is 0 Å². The third kappa shape index (κ3) is 8.61. The number of pyridine rings is 1. The van der Waals surface area contributed by atoms with Gasteiger partial charge in [0.05, 0.1) is 18.8 Å². The van der Waals surface area contributed by atoms with Gasteiger partial charge < -0.3 is 15.2 Å². The molecule has 0 saturated heterocycles. The fourth-order valence-electron chi connectivity index (χ4n) is 4.75. The molecule has 0 aliphatic heterocycles. The van der Waals surface area contributed by atoms with E-state index in [0.29, 0.717) is 25.3 Å². The van der Waals surface area contributed by atoms with Gasteiger partial charge in [-0.25, -0.2) is 0 Å². The Morgan fingerprint density at radius 1 is 1.03 bits per heavy atom. The van der Waals surface area contributed by atoms with E-state index in [-0.39, 0.29) is 17.7 Å². The summed E-state index contributed by atoms with van der Waals surface area (Å²) in [4.78, 5) is 4.06. The van der Waals surface area contributed by atoms with E-state index in [1.807, 2.05) is 48.5 Å². The average molecular weight is 539 g/mol. The molecule has 0 spiro atoms. The predicted octanol–water partition coefficient (Wildman–Crippen LogP) is 4.11. The molecule has 0 bridgehead atoms. The Bertz CT molecular complexity index is 1240. The minimum Gasteiger partial charge on any atom is -0.387 e. The Labute approximate surface area is 226 Å². The van der Waals surface area contributed by atoms with E-state index >= 15 is 0 Å². The van der Waals surface area contributed by atoms with Crippen LogP contribution in [0.25, 0.3) is 0 Å². The quantitative estimate of drug-likeness (QED) is 0.261. The lowest BCUT2D eigenvalue weighted by Gasteiger charge is -2.28. The molecule has 38 heavy (non-hydrogen) atoms. The molecule has 1 aliphatic rings. The van der Waals surface area contributed by atoms with Gasteiger partial charge in [-0.2, -0.15) is 13.1 Å². The smallest absolute Gasteiger partial charge is 0.299 e. The molecule has 0 radical (unpaired) electrons. The van der Waals surface area contributed by atoms with Crippen LogP contribution in [0.3, 0.4) is 0 Å². The SMILES string of the molecule is CC(C)(Cc1ccc(NS(=O)(=O)NC2CCCC2OCc2ccccc2)cc1)NCC(O)c1cccnc1. The van der Waals surface area contributed by atoms with Gasteiger partial charge >= 0.3 is 0 Å². The number of ether oxygens (including phenoxy) is 1. The Kier molecular flexibility index (Phi) is 9.51. The largest absolute Gasteiger partial charge is 0.387 e. The molecule has 4 N–H and O–H groups in total. The molecule has 3 atom stereocenters. The molecule has 1 aromatic heterocycles. The minimum atomic E-state index is -3.75. The van der Waals surface area contributed by atoms with Crippen LogP contribution < -0.4 is 14.8 Å². The molecule has 8 nitrogen and oxygen atoms in total. The van der Waals surface area contributed by atoms with Crippen LogP contribution in [0.5, 0.6) is 0 Å². The monoisotopic (exact) mass is 538 g/mol. The summed E-state index contributed by atoms with van der Waals surface area (Å²) >= 11 is 0. The van der Waals surface area contributed by atoms with E-state index in [2.05, 4.69) is 33.6 Å². The standard InChI is InChI=1S/C29H38N4O4S/c1-29(2,31-20-27(34)24-10-7-17-30-19-24)18-22-13-15-25(16-14-22)32-38(35,36)33-26-11-6-12-28(26)37-21-23-8-4-3-5-9-23/h3-5,7-10,13-17,19,26-28,31-34H,6,11-12,18,20-21H2,1-2H3. The summed E-state index contributed by atoms with van der Waals surface area (Å²) in [7, 11) is -3.75. The highest BCUT2D eigenvalue weighted by Crippen LogP contribution is 2.24. The van der Waals surface area contributed by atoms with Gasteiger partial charge in [-0.15, -0.1) is 0 Å². The lowest BCUT2D eigenvalue weighted by atomic mass is 9.94. The fraction of sp³-hybridized carbons (Fsp3) is 0.414. The van der Waals surface area contributed by atoms with E-state index in [0.717, 1.165) is 36.0 Å². The van der Waals surface area contributed by atoms with Crippen molar-refractivity contribution in [2.75, 3.05) is 11.3 Å². The maximum Gasteiger partial charge on any atom is 0.299 e. The lowest BCUT2D eigenvalue weighted by Crippen LogP contribution is -2.43. The van der Waals surface area contributed by atoms with Crippen molar-refractivity contribution in [3.05, 3.63) is 95.8 Å². The van der Waals surface area contributed by atoms with Crippen LogP contribution in [0, 0.1) is 0 Å². The van der Waals surface area contributed by atoms with Crippen molar-refractivity contribution >= 4 is 15.9 Å². The van der Waals surface area contributed by atoms with Crippen LogP contribution in [-0.4, -0.2) is 42.7 Å². The molecular formula is C29H38N4O4S. The van der Waals surface area contributed by atoms with Gasteiger partial charge in [0.15, 0.2) is 0 Å². The highest BCUT2D eigenvalue weighted by molar-refractivity contribution is 7.90. The van der Waals surface area contributed by atoms with Gasteiger partial charge in [0.1, 0.15) is 0 Å². The van der Waals surface area contributed by atoms with Crippen molar-refractivity contribution < 1.29 is 18.3 Å². The Morgan fingerprint density at radius 2 is 1.79 bits per heavy atom. The van der Waals surface area contributed by atoms with E-state index in [4.69, 9.17) is 4.74 Å². The van der Waals surface area contributed by atoms with Crippen LogP contribution in [0.4, 0.5) is 5.69 Å². The first kappa shape index (κ1) is 28.2. The zero-order chi connectivity index (χ0) is 27.0. The molecule has 3 unspecified atom stereocenters. The van der Waals surface area contributed by atoms with Crippen LogP contribution in [-0.2, 0) is 28.0 Å². The summed E-state index contributed by atoms with van der Waals surface area (Å²) in [5.74, 6) is 0. The highest BCUT2D eigenvalue weighted by Gasteiger charge is 2.31. The molecule has 9 heteroatoms. The first-order chi connectivity index (χ1) is 18.2. The Balaban J connectivity index is 1.26. The number of aliphatic hydroxyl groups is 1. The van der Waals surface area contributed by atoms with Gasteiger partial charge in [-0.05, 0) is 68.9 Å². The molecule has 204 valence electrons. The summed E-state index contributed by atoms with van der Waals surface area (Å²) in [5.41, 5.74) is 3.12. The molecule has 3 aromatic rings. The number of aromatic nitrogens is 1. The first-order valence-corrected chi connectivity index (χ1v) is 14.5. The second-order valence-electron chi connectivity index (χ2n) is 10.5. The molecule has 4 rings (SSSR count). The number of benzene rings is 2. The van der Waals surface area contributed by atoms with Gasteiger partial charge in [0.2, 0.25) is 0 Å². The zero-order valence-electron chi connectivity index (χ0n) is 22.0. The number of nitrogens with zero attached hydrogens (tertiary/aromatic N) is 1. The maximum absolute atomic E-state index is 12.8. The number of β-amino-alcohol motifs (C(OH)–C–C–N with tert-alkyl or cyclic N) is 1. The number of aliphatic hydroxyl groups excluding tert-OH is 1. The van der Waals surface area contributed by atoms with Crippen LogP contribution in [0.2, 0.25) is 0 Å². The molecule has 0 amide bonds. The summed E-state index contributed by atoms with van der Waals surface area (Å²) < 4.78 is 37.1. The lowest BCUT2D eigenvalue weighted by molar-refractivity contribution is 0.0325. The first-order valence-electron chi connectivity index (χ1n) is 13.1. The number of rotatable bonds is 13. The molecule has 2 aromatic carbocycles. The number of anilines is 1. The third-order valence-corrected chi connectivity index (χ3v) is 7.88. The average Bonchev–Trinajstić information content (AvgIpc) is 3.34. The summed E-state index contributed by atoms with van der Waals surface area (Å²) in [6.45, 7) is 5.01. The van der Waals surface area contributed by atoms with Gasteiger partial charge in [-0.1, -0.05) is 48.5 Å².